The van der Waals surface area contributed by atoms with E-state index in [1.165, 1.54) is 27.8 Å². The Morgan fingerprint density at radius 1 is 1.10 bits per heavy atom. The average molecular weight is 281 g/mol. The fraction of sp³-hybridized carbons (Fsp3) is 0.368. The Kier molecular flexibility index (Phi) is 4.09. The second-order valence-corrected chi connectivity index (χ2v) is 5.94. The third kappa shape index (κ3) is 2.87. The molecule has 21 heavy (non-hydrogen) atoms. The van der Waals surface area contributed by atoms with E-state index in [9.17, 15) is 5.11 Å². The molecule has 0 saturated heterocycles. The summed E-state index contributed by atoms with van der Waals surface area (Å²) in [4.78, 5) is 0. The highest BCUT2D eigenvalue weighted by atomic mass is 16.3. The zero-order valence-electron chi connectivity index (χ0n) is 12.8. The lowest BCUT2D eigenvalue weighted by atomic mass is 10.00. The number of hydrogen-bond donors (Lipinski definition) is 2. The molecular formula is C19H23NO. The minimum Gasteiger partial charge on any atom is -0.392 e. The van der Waals surface area contributed by atoms with Crippen LogP contribution in [0.3, 0.4) is 0 Å². The van der Waals surface area contributed by atoms with E-state index >= 15 is 0 Å². The molecule has 110 valence electrons. The van der Waals surface area contributed by atoms with Gasteiger partial charge in [0, 0.05) is 12.6 Å². The second-order valence-electron chi connectivity index (χ2n) is 5.94. The summed E-state index contributed by atoms with van der Waals surface area (Å²) in [6.07, 6.45) is 1.56. The third-order valence-electron chi connectivity index (χ3n) is 4.45. The van der Waals surface area contributed by atoms with Gasteiger partial charge in [0.1, 0.15) is 0 Å². The van der Waals surface area contributed by atoms with E-state index in [1.54, 1.807) is 0 Å². The Bertz CT molecular complexity index is 635. The van der Waals surface area contributed by atoms with Crippen LogP contribution in [0.1, 0.15) is 43.0 Å². The lowest BCUT2D eigenvalue weighted by Crippen LogP contribution is -2.28. The third-order valence-corrected chi connectivity index (χ3v) is 4.45. The quantitative estimate of drug-likeness (QED) is 0.747. The SMILES string of the molecule is CCC(O)CNC(C)c1ccc2c(c1)Cc1ccccc1-2. The van der Waals surface area contributed by atoms with Crippen LogP contribution in [0.25, 0.3) is 11.1 Å². The molecular weight excluding hydrogens is 258 g/mol. The number of aliphatic hydroxyl groups excluding tert-OH is 1. The highest BCUT2D eigenvalue weighted by Crippen LogP contribution is 2.37. The maximum atomic E-state index is 9.66. The van der Waals surface area contributed by atoms with Crippen LogP contribution < -0.4 is 5.32 Å². The van der Waals surface area contributed by atoms with Gasteiger partial charge in [-0.2, -0.15) is 0 Å². The summed E-state index contributed by atoms with van der Waals surface area (Å²) in [6.45, 7) is 4.81. The second kappa shape index (κ2) is 6.00. The summed E-state index contributed by atoms with van der Waals surface area (Å²) in [5.41, 5.74) is 6.88. The number of rotatable bonds is 5. The summed E-state index contributed by atoms with van der Waals surface area (Å²) in [6, 6.07) is 15.7. The lowest BCUT2D eigenvalue weighted by molar-refractivity contribution is 0.164. The fourth-order valence-electron chi connectivity index (χ4n) is 3.01. The van der Waals surface area contributed by atoms with Crippen LogP contribution in [0.5, 0.6) is 0 Å². The molecule has 1 aliphatic rings. The van der Waals surface area contributed by atoms with Crippen molar-refractivity contribution in [2.75, 3.05) is 6.54 Å². The molecule has 0 radical (unpaired) electrons. The van der Waals surface area contributed by atoms with Gasteiger partial charge in [-0.05, 0) is 47.6 Å². The first kappa shape index (κ1) is 14.3. The van der Waals surface area contributed by atoms with Crippen LogP contribution in [0.2, 0.25) is 0 Å². The molecule has 0 heterocycles. The van der Waals surface area contributed by atoms with Crippen molar-refractivity contribution in [2.45, 2.75) is 38.8 Å². The van der Waals surface area contributed by atoms with Crippen LogP contribution in [-0.2, 0) is 6.42 Å². The van der Waals surface area contributed by atoms with Gasteiger partial charge >= 0.3 is 0 Å². The van der Waals surface area contributed by atoms with Crippen molar-refractivity contribution in [1.29, 1.82) is 0 Å². The first-order valence-corrected chi connectivity index (χ1v) is 7.81. The zero-order valence-corrected chi connectivity index (χ0v) is 12.8. The van der Waals surface area contributed by atoms with Gasteiger partial charge in [-0.25, -0.2) is 0 Å². The van der Waals surface area contributed by atoms with Crippen LogP contribution in [0.15, 0.2) is 42.5 Å². The first-order valence-electron chi connectivity index (χ1n) is 7.81. The predicted octanol–water partition coefficient (Wildman–Crippen LogP) is 3.68. The van der Waals surface area contributed by atoms with Gasteiger partial charge in [0.15, 0.2) is 0 Å². The number of hydrogen-bond acceptors (Lipinski definition) is 2. The molecule has 2 unspecified atom stereocenters. The molecule has 2 aromatic carbocycles. The number of aliphatic hydroxyl groups is 1. The topological polar surface area (TPSA) is 32.3 Å². The molecule has 2 atom stereocenters. The van der Waals surface area contributed by atoms with Gasteiger partial charge < -0.3 is 10.4 Å². The highest BCUT2D eigenvalue weighted by molar-refractivity contribution is 5.76. The maximum absolute atomic E-state index is 9.66. The Labute approximate surface area is 126 Å². The molecule has 0 aliphatic heterocycles. The summed E-state index contributed by atoms with van der Waals surface area (Å²) in [5.74, 6) is 0. The molecule has 2 aromatic rings. The Balaban J connectivity index is 1.77. The summed E-state index contributed by atoms with van der Waals surface area (Å²) in [7, 11) is 0. The van der Waals surface area contributed by atoms with Crippen molar-refractivity contribution < 1.29 is 5.11 Å². The van der Waals surface area contributed by atoms with E-state index in [0.717, 1.165) is 12.8 Å². The molecule has 2 N–H and O–H groups in total. The molecule has 0 amide bonds. The van der Waals surface area contributed by atoms with Gasteiger partial charge in [-0.1, -0.05) is 49.4 Å². The first-order chi connectivity index (χ1) is 10.2. The van der Waals surface area contributed by atoms with E-state index < -0.39 is 0 Å². The van der Waals surface area contributed by atoms with E-state index in [4.69, 9.17) is 0 Å². The molecule has 0 spiro atoms. The molecule has 1 aliphatic carbocycles. The van der Waals surface area contributed by atoms with Crippen LogP contribution in [0, 0.1) is 0 Å². The summed E-state index contributed by atoms with van der Waals surface area (Å²) >= 11 is 0. The molecule has 0 saturated carbocycles. The van der Waals surface area contributed by atoms with Crippen molar-refractivity contribution in [1.82, 2.24) is 5.32 Å². The van der Waals surface area contributed by atoms with E-state index in [2.05, 4.69) is 54.7 Å². The predicted molar refractivity (Wildman–Crippen MR) is 87.4 cm³/mol. The van der Waals surface area contributed by atoms with E-state index in [-0.39, 0.29) is 12.1 Å². The molecule has 0 bridgehead atoms. The largest absolute Gasteiger partial charge is 0.392 e. The average Bonchev–Trinajstić information content (AvgIpc) is 2.89. The normalized spacial score (nSPS) is 15.4. The minimum atomic E-state index is -0.258. The summed E-state index contributed by atoms with van der Waals surface area (Å²) in [5, 5.41) is 13.1. The van der Waals surface area contributed by atoms with Crippen LogP contribution in [-0.4, -0.2) is 17.8 Å². The minimum absolute atomic E-state index is 0.258. The number of nitrogens with one attached hydrogen (secondary N) is 1. The standard InChI is InChI=1S/C19H23NO/c1-3-17(21)12-20-13(2)14-8-9-19-16(10-14)11-15-6-4-5-7-18(15)19/h4-10,13,17,20-21H,3,11-12H2,1-2H3. The van der Waals surface area contributed by atoms with Gasteiger partial charge in [-0.3, -0.25) is 0 Å². The van der Waals surface area contributed by atoms with Crippen molar-refractivity contribution in [2.24, 2.45) is 0 Å². The van der Waals surface area contributed by atoms with Gasteiger partial charge in [0.2, 0.25) is 0 Å². The smallest absolute Gasteiger partial charge is 0.0662 e. The van der Waals surface area contributed by atoms with Crippen molar-refractivity contribution in [3.05, 3.63) is 59.2 Å². The number of fused-ring (bicyclic) bond motifs is 3. The van der Waals surface area contributed by atoms with Gasteiger partial charge in [0.05, 0.1) is 6.10 Å². The van der Waals surface area contributed by atoms with Crippen molar-refractivity contribution in [3.8, 4) is 11.1 Å². The summed E-state index contributed by atoms with van der Waals surface area (Å²) < 4.78 is 0. The Hall–Kier alpha value is -1.64. The fourth-order valence-corrected chi connectivity index (χ4v) is 3.01. The van der Waals surface area contributed by atoms with Crippen molar-refractivity contribution in [3.63, 3.8) is 0 Å². The molecule has 2 nitrogen and oxygen atoms in total. The van der Waals surface area contributed by atoms with Crippen LogP contribution in [0.4, 0.5) is 0 Å². The molecule has 0 aromatic heterocycles. The van der Waals surface area contributed by atoms with Gasteiger partial charge in [0.25, 0.3) is 0 Å². The molecule has 2 heteroatoms. The van der Waals surface area contributed by atoms with Gasteiger partial charge in [-0.15, -0.1) is 0 Å². The van der Waals surface area contributed by atoms with Crippen molar-refractivity contribution >= 4 is 0 Å². The number of benzene rings is 2. The Morgan fingerprint density at radius 2 is 1.86 bits per heavy atom. The van der Waals surface area contributed by atoms with Crippen LogP contribution >= 0.6 is 0 Å². The lowest BCUT2D eigenvalue weighted by Gasteiger charge is -2.17. The monoisotopic (exact) mass is 281 g/mol. The zero-order chi connectivity index (χ0) is 14.8. The molecule has 3 rings (SSSR count). The highest BCUT2D eigenvalue weighted by Gasteiger charge is 2.19. The van der Waals surface area contributed by atoms with E-state index in [1.807, 2.05) is 6.92 Å². The maximum Gasteiger partial charge on any atom is 0.0662 e. The van der Waals surface area contributed by atoms with E-state index in [0.29, 0.717) is 6.54 Å². The Morgan fingerprint density at radius 3 is 2.67 bits per heavy atom. The molecule has 0 fully saturated rings.